The predicted molar refractivity (Wildman–Crippen MR) is 101 cm³/mol. The molecule has 26 heavy (non-hydrogen) atoms. The number of carbonyl (C=O) groups excluding carboxylic acids is 1. The molecule has 140 valence electrons. The lowest BCUT2D eigenvalue weighted by molar-refractivity contribution is -0.122. The molecule has 0 aliphatic heterocycles. The molecular formula is C21H27NO4. The number of rotatable bonds is 10. The standard InChI is InChI=1S/C21H27NO4/c1-21(16-23,14-17-6-4-3-5-7-17)15-22-20(24)12-13-26-19-10-8-18(25-2)9-11-19/h3-11,23H,12-16H2,1-2H3,(H,22,24)/t21-/m1/s1. The van der Waals surface area contributed by atoms with E-state index in [-0.39, 0.29) is 18.9 Å². The summed E-state index contributed by atoms with van der Waals surface area (Å²) in [5, 5.41) is 12.6. The number of aliphatic hydroxyl groups excluding tert-OH is 1. The molecule has 5 nitrogen and oxygen atoms in total. The van der Waals surface area contributed by atoms with Crippen LogP contribution in [0.1, 0.15) is 18.9 Å². The number of carbonyl (C=O) groups is 1. The van der Waals surface area contributed by atoms with Crippen molar-refractivity contribution in [3.63, 3.8) is 0 Å². The summed E-state index contributed by atoms with van der Waals surface area (Å²) in [7, 11) is 1.61. The molecule has 0 fully saturated rings. The third kappa shape index (κ3) is 6.41. The highest BCUT2D eigenvalue weighted by atomic mass is 16.5. The number of benzene rings is 2. The van der Waals surface area contributed by atoms with Gasteiger partial charge in [-0.25, -0.2) is 0 Å². The molecular weight excluding hydrogens is 330 g/mol. The van der Waals surface area contributed by atoms with Gasteiger partial charge in [0, 0.05) is 12.0 Å². The van der Waals surface area contributed by atoms with Crippen LogP contribution in [0.15, 0.2) is 54.6 Å². The van der Waals surface area contributed by atoms with Crippen LogP contribution in [0.25, 0.3) is 0 Å². The molecule has 0 bridgehead atoms. The van der Waals surface area contributed by atoms with E-state index < -0.39 is 5.41 Å². The Bertz CT molecular complexity index is 672. The van der Waals surface area contributed by atoms with Gasteiger partial charge in [-0.2, -0.15) is 0 Å². The largest absolute Gasteiger partial charge is 0.497 e. The fourth-order valence-corrected chi connectivity index (χ4v) is 2.60. The van der Waals surface area contributed by atoms with E-state index in [0.717, 1.165) is 11.3 Å². The van der Waals surface area contributed by atoms with E-state index in [9.17, 15) is 9.90 Å². The van der Waals surface area contributed by atoms with Gasteiger partial charge < -0.3 is 19.9 Å². The summed E-state index contributed by atoms with van der Waals surface area (Å²) in [6, 6.07) is 17.2. The minimum Gasteiger partial charge on any atom is -0.497 e. The summed E-state index contributed by atoms with van der Waals surface area (Å²) in [6.45, 7) is 2.69. The van der Waals surface area contributed by atoms with E-state index in [1.165, 1.54) is 0 Å². The summed E-state index contributed by atoms with van der Waals surface area (Å²) >= 11 is 0. The highest BCUT2D eigenvalue weighted by Crippen LogP contribution is 2.21. The van der Waals surface area contributed by atoms with E-state index in [2.05, 4.69) is 5.32 Å². The van der Waals surface area contributed by atoms with Crippen LogP contribution < -0.4 is 14.8 Å². The molecule has 1 atom stereocenters. The van der Waals surface area contributed by atoms with Crippen LogP contribution in [0.2, 0.25) is 0 Å². The van der Waals surface area contributed by atoms with E-state index in [1.807, 2.05) is 49.4 Å². The monoisotopic (exact) mass is 357 g/mol. The van der Waals surface area contributed by atoms with E-state index in [1.54, 1.807) is 19.2 Å². The summed E-state index contributed by atoms with van der Waals surface area (Å²) in [4.78, 5) is 12.1. The third-order valence-electron chi connectivity index (χ3n) is 4.23. The SMILES string of the molecule is COc1ccc(OCCC(=O)NC[C@](C)(CO)Cc2ccccc2)cc1. The quantitative estimate of drug-likeness (QED) is 0.686. The maximum absolute atomic E-state index is 12.1. The van der Waals surface area contributed by atoms with Crippen molar-refractivity contribution in [2.24, 2.45) is 5.41 Å². The van der Waals surface area contributed by atoms with Gasteiger partial charge in [-0.05, 0) is 36.2 Å². The van der Waals surface area contributed by atoms with Crippen molar-refractivity contribution in [1.82, 2.24) is 5.32 Å². The van der Waals surface area contributed by atoms with Crippen LogP contribution in [-0.4, -0.2) is 37.9 Å². The molecule has 0 aliphatic rings. The van der Waals surface area contributed by atoms with Crippen LogP contribution in [0.3, 0.4) is 0 Å². The van der Waals surface area contributed by atoms with Crippen molar-refractivity contribution >= 4 is 5.91 Å². The Labute approximate surface area is 155 Å². The molecule has 0 radical (unpaired) electrons. The number of methoxy groups -OCH3 is 1. The average Bonchev–Trinajstić information content (AvgIpc) is 2.68. The molecule has 0 spiro atoms. The Morgan fingerprint density at radius 2 is 1.73 bits per heavy atom. The summed E-state index contributed by atoms with van der Waals surface area (Å²) < 4.78 is 10.7. The number of hydrogen-bond acceptors (Lipinski definition) is 4. The normalized spacial score (nSPS) is 12.9. The zero-order valence-corrected chi connectivity index (χ0v) is 15.4. The zero-order valence-electron chi connectivity index (χ0n) is 15.4. The lowest BCUT2D eigenvalue weighted by Crippen LogP contribution is -2.39. The topological polar surface area (TPSA) is 67.8 Å². The first-order valence-electron chi connectivity index (χ1n) is 8.73. The highest BCUT2D eigenvalue weighted by molar-refractivity contribution is 5.76. The Morgan fingerprint density at radius 3 is 2.35 bits per heavy atom. The molecule has 0 saturated heterocycles. The first kappa shape index (κ1) is 19.8. The number of amides is 1. The predicted octanol–water partition coefficient (Wildman–Crippen LogP) is 2.82. The Hall–Kier alpha value is -2.53. The number of ether oxygens (including phenoxy) is 2. The number of hydrogen-bond donors (Lipinski definition) is 2. The minimum atomic E-state index is -0.395. The minimum absolute atomic E-state index is 0.00449. The van der Waals surface area contributed by atoms with Crippen molar-refractivity contribution in [1.29, 1.82) is 0 Å². The second kappa shape index (κ2) is 9.82. The van der Waals surface area contributed by atoms with Gasteiger partial charge in [0.05, 0.1) is 26.7 Å². The molecule has 2 aromatic rings. The van der Waals surface area contributed by atoms with E-state index in [4.69, 9.17) is 9.47 Å². The summed E-state index contributed by atoms with van der Waals surface area (Å²) in [5.41, 5.74) is 0.745. The molecule has 0 unspecified atom stereocenters. The molecule has 2 N–H and O–H groups in total. The van der Waals surface area contributed by atoms with Gasteiger partial charge in [0.15, 0.2) is 0 Å². The second-order valence-corrected chi connectivity index (χ2v) is 6.68. The highest BCUT2D eigenvalue weighted by Gasteiger charge is 2.24. The van der Waals surface area contributed by atoms with Gasteiger partial charge in [-0.1, -0.05) is 37.3 Å². The van der Waals surface area contributed by atoms with E-state index >= 15 is 0 Å². The summed E-state index contributed by atoms with van der Waals surface area (Å²) in [6.07, 6.45) is 0.964. The molecule has 0 aromatic heterocycles. The summed E-state index contributed by atoms with van der Waals surface area (Å²) in [5.74, 6) is 1.37. The maximum atomic E-state index is 12.1. The number of aliphatic hydroxyl groups is 1. The molecule has 0 aliphatic carbocycles. The first-order chi connectivity index (χ1) is 12.5. The van der Waals surface area contributed by atoms with Gasteiger partial charge in [0.1, 0.15) is 11.5 Å². The lowest BCUT2D eigenvalue weighted by atomic mass is 9.84. The second-order valence-electron chi connectivity index (χ2n) is 6.68. The first-order valence-corrected chi connectivity index (χ1v) is 8.73. The molecule has 2 rings (SSSR count). The molecule has 1 amide bonds. The van der Waals surface area contributed by atoms with Crippen molar-refractivity contribution in [2.75, 3.05) is 26.9 Å². The van der Waals surface area contributed by atoms with Crippen LogP contribution in [0.5, 0.6) is 11.5 Å². The lowest BCUT2D eigenvalue weighted by Gasteiger charge is -2.27. The fourth-order valence-electron chi connectivity index (χ4n) is 2.60. The fraction of sp³-hybridized carbons (Fsp3) is 0.381. The van der Waals surface area contributed by atoms with Crippen LogP contribution >= 0.6 is 0 Å². The van der Waals surface area contributed by atoms with Crippen molar-refractivity contribution in [3.05, 3.63) is 60.2 Å². The van der Waals surface area contributed by atoms with Gasteiger partial charge in [0.2, 0.25) is 5.91 Å². The Balaban J connectivity index is 1.73. The average molecular weight is 357 g/mol. The Kier molecular flexibility index (Phi) is 7.48. The van der Waals surface area contributed by atoms with Gasteiger partial charge in [-0.15, -0.1) is 0 Å². The molecule has 0 saturated carbocycles. The van der Waals surface area contributed by atoms with Crippen molar-refractivity contribution in [2.45, 2.75) is 19.8 Å². The maximum Gasteiger partial charge on any atom is 0.223 e. The van der Waals surface area contributed by atoms with Gasteiger partial charge in [-0.3, -0.25) is 4.79 Å². The van der Waals surface area contributed by atoms with Crippen molar-refractivity contribution < 1.29 is 19.4 Å². The van der Waals surface area contributed by atoms with Gasteiger partial charge in [0.25, 0.3) is 0 Å². The van der Waals surface area contributed by atoms with Crippen molar-refractivity contribution in [3.8, 4) is 11.5 Å². The molecule has 0 heterocycles. The zero-order chi connectivity index (χ0) is 18.8. The Morgan fingerprint density at radius 1 is 1.08 bits per heavy atom. The van der Waals surface area contributed by atoms with Crippen LogP contribution in [-0.2, 0) is 11.2 Å². The third-order valence-corrected chi connectivity index (χ3v) is 4.23. The van der Waals surface area contributed by atoms with E-state index in [0.29, 0.717) is 25.3 Å². The smallest absolute Gasteiger partial charge is 0.223 e. The molecule has 5 heteroatoms. The van der Waals surface area contributed by atoms with Crippen LogP contribution in [0.4, 0.5) is 0 Å². The van der Waals surface area contributed by atoms with Gasteiger partial charge >= 0.3 is 0 Å². The van der Waals surface area contributed by atoms with Crippen LogP contribution in [0, 0.1) is 5.41 Å². The molecule has 2 aromatic carbocycles. The number of nitrogens with one attached hydrogen (secondary N) is 1.